The van der Waals surface area contributed by atoms with Gasteiger partial charge in [-0.05, 0) is 62.3 Å². The second-order valence-electron chi connectivity index (χ2n) is 15.4. The van der Waals surface area contributed by atoms with Gasteiger partial charge < -0.3 is 20.3 Å². The smallest absolute Gasteiger partial charge is 0.410 e. The Hall–Kier alpha value is -5.34. The summed E-state index contributed by atoms with van der Waals surface area (Å²) in [4.78, 5) is 63.7. The van der Waals surface area contributed by atoms with E-state index in [-0.39, 0.29) is 32.5 Å². The minimum Gasteiger partial charge on any atom is -0.444 e. The molecule has 3 aliphatic heterocycles. The molecule has 298 valence electrons. The van der Waals surface area contributed by atoms with Crippen LogP contribution in [0.2, 0.25) is 0 Å². The first-order chi connectivity index (χ1) is 27.4. The normalized spacial score (nSPS) is 26.7. The quantitative estimate of drug-likeness (QED) is 0.281. The van der Waals surface area contributed by atoms with Crippen molar-refractivity contribution < 1.29 is 36.7 Å². The molecule has 5 atom stereocenters. The monoisotopic (exact) mass is 815 g/mol. The highest BCUT2D eigenvalue weighted by Gasteiger charge is 2.62. The average molecular weight is 816 g/mol. The predicted molar refractivity (Wildman–Crippen MR) is 207 cm³/mol. The summed E-state index contributed by atoms with van der Waals surface area (Å²) >= 11 is 1.31. The summed E-state index contributed by atoms with van der Waals surface area (Å²) in [5, 5.41) is 17.0. The molecule has 2 saturated carbocycles. The number of hydrogen-bond acceptors (Lipinski definition) is 11. The molecule has 2 aromatic carbocycles. The Morgan fingerprint density at radius 3 is 2.63 bits per heavy atom. The van der Waals surface area contributed by atoms with Gasteiger partial charge in [-0.15, -0.1) is 11.3 Å². The summed E-state index contributed by atoms with van der Waals surface area (Å²) in [6.07, 6.45) is 6.56. The van der Waals surface area contributed by atoms with Crippen LogP contribution >= 0.6 is 11.3 Å². The molecular weight excluding hydrogens is 774 g/mol. The molecule has 3 fully saturated rings. The number of thiazole rings is 1. The van der Waals surface area contributed by atoms with Crippen LogP contribution in [0.3, 0.4) is 0 Å². The standard InChI is InChI=1S/C40H42FN7O7S2/c41-31-9-6-7-26-20-47(22-30(26)31)39(52)55-28-17-34-35(49)45-40(37(51)46-57(53,54)29-15-16-29)18-27(40)8-4-2-1-3-5-10-32(36(50)48(34)21-28)43-38-44-33(23-56-38)25-13-11-24(19-42)12-14-25/h4,6-9,11-14,23,27-29,32,34H,1-3,5,10,15-18,20-22H2,(H,43,44)(H,45,49)(H,46,51)/b8-4-/t27-,28+,32-,34-,40+/m0/s1. The first-order valence-electron chi connectivity index (χ1n) is 19.2. The number of allylic oxidation sites excluding steroid dienone is 1. The van der Waals surface area contributed by atoms with Gasteiger partial charge in [0.05, 0.1) is 35.7 Å². The zero-order valence-corrected chi connectivity index (χ0v) is 32.6. The fourth-order valence-electron chi connectivity index (χ4n) is 7.91. The number of ether oxygens (including phenoxy) is 1. The van der Waals surface area contributed by atoms with E-state index >= 15 is 0 Å². The number of carbonyl (C=O) groups excluding carboxylic acids is 4. The number of amides is 4. The van der Waals surface area contributed by atoms with E-state index in [0.717, 1.165) is 18.4 Å². The van der Waals surface area contributed by atoms with Gasteiger partial charge in [-0.1, -0.05) is 49.3 Å². The lowest BCUT2D eigenvalue weighted by Crippen LogP contribution is -2.57. The van der Waals surface area contributed by atoms with Crippen LogP contribution in [-0.4, -0.2) is 82.5 Å². The highest BCUT2D eigenvalue weighted by Crippen LogP contribution is 2.46. The van der Waals surface area contributed by atoms with Crippen molar-refractivity contribution in [2.24, 2.45) is 5.92 Å². The first-order valence-corrected chi connectivity index (χ1v) is 21.7. The molecule has 17 heteroatoms. The topological polar surface area (TPSA) is 191 Å². The van der Waals surface area contributed by atoms with E-state index in [0.29, 0.717) is 59.6 Å². The summed E-state index contributed by atoms with van der Waals surface area (Å²) in [7, 11) is -3.92. The lowest BCUT2D eigenvalue weighted by molar-refractivity contribution is -0.140. The second kappa shape index (κ2) is 15.5. The van der Waals surface area contributed by atoms with Crippen molar-refractivity contribution in [1.29, 1.82) is 5.26 Å². The zero-order chi connectivity index (χ0) is 39.9. The van der Waals surface area contributed by atoms with Crippen molar-refractivity contribution >= 4 is 50.3 Å². The number of nitrogens with one attached hydrogen (secondary N) is 3. The Morgan fingerprint density at radius 1 is 1.07 bits per heavy atom. The number of anilines is 1. The molecular formula is C40H42FN7O7S2. The summed E-state index contributed by atoms with van der Waals surface area (Å²) in [6, 6.07) is 11.8. The Bertz CT molecular complexity index is 2270. The number of aromatic nitrogens is 1. The van der Waals surface area contributed by atoms with Crippen LogP contribution in [-0.2, 0) is 42.2 Å². The molecule has 57 heavy (non-hydrogen) atoms. The Morgan fingerprint density at radius 2 is 1.88 bits per heavy atom. The summed E-state index contributed by atoms with van der Waals surface area (Å²) in [6.45, 7) is 0.0371. The van der Waals surface area contributed by atoms with Gasteiger partial charge in [0, 0.05) is 35.4 Å². The number of rotatable bonds is 7. The molecule has 1 saturated heterocycles. The lowest BCUT2D eigenvalue weighted by atomic mass is 10.1. The number of halogens is 1. The lowest BCUT2D eigenvalue weighted by Gasteiger charge is -2.29. The van der Waals surface area contributed by atoms with Crippen LogP contribution in [0.25, 0.3) is 11.3 Å². The van der Waals surface area contributed by atoms with Gasteiger partial charge in [-0.3, -0.25) is 24.0 Å². The summed E-state index contributed by atoms with van der Waals surface area (Å²) < 4.78 is 48.3. The maximum absolute atomic E-state index is 14.7. The fourth-order valence-corrected chi connectivity index (χ4v) is 10.0. The number of carbonyl (C=O) groups is 4. The number of sulfonamides is 1. The third kappa shape index (κ3) is 8.10. The molecule has 3 aromatic rings. The average Bonchev–Trinajstić information content (AvgIpc) is 3.99. The van der Waals surface area contributed by atoms with Crippen molar-refractivity contribution in [3.8, 4) is 17.3 Å². The van der Waals surface area contributed by atoms with Crippen LogP contribution in [0.15, 0.2) is 60.0 Å². The van der Waals surface area contributed by atoms with E-state index in [1.54, 1.807) is 36.4 Å². The Kier molecular flexibility index (Phi) is 10.5. The number of fused-ring (bicyclic) bond motifs is 3. The van der Waals surface area contributed by atoms with Crippen molar-refractivity contribution in [1.82, 2.24) is 24.8 Å². The molecule has 3 N–H and O–H groups in total. The van der Waals surface area contributed by atoms with Crippen LogP contribution in [0.1, 0.15) is 74.5 Å². The molecule has 0 spiro atoms. The van der Waals surface area contributed by atoms with Crippen LogP contribution < -0.4 is 15.4 Å². The van der Waals surface area contributed by atoms with E-state index in [1.807, 2.05) is 17.5 Å². The summed E-state index contributed by atoms with van der Waals surface area (Å²) in [5.41, 5.74) is 1.50. The number of benzene rings is 2. The van der Waals surface area contributed by atoms with E-state index in [9.17, 15) is 37.2 Å². The van der Waals surface area contributed by atoms with Gasteiger partial charge in [0.15, 0.2) is 5.13 Å². The molecule has 0 unspecified atom stereocenters. The molecule has 4 amide bonds. The van der Waals surface area contributed by atoms with Crippen molar-refractivity contribution in [2.45, 2.75) is 99.9 Å². The minimum atomic E-state index is -3.92. The minimum absolute atomic E-state index is 0.0146. The number of nitrogens with zero attached hydrogens (tertiary/aromatic N) is 4. The molecule has 0 bridgehead atoms. The Labute approximate surface area is 333 Å². The molecule has 2 aliphatic carbocycles. The second-order valence-corrected chi connectivity index (χ2v) is 18.2. The maximum Gasteiger partial charge on any atom is 0.410 e. The van der Waals surface area contributed by atoms with Gasteiger partial charge >= 0.3 is 6.09 Å². The van der Waals surface area contributed by atoms with E-state index in [4.69, 9.17) is 9.72 Å². The van der Waals surface area contributed by atoms with E-state index in [1.165, 1.54) is 27.2 Å². The molecule has 5 aliphatic rings. The van der Waals surface area contributed by atoms with Crippen LogP contribution in [0, 0.1) is 23.1 Å². The molecule has 0 radical (unpaired) electrons. The zero-order valence-electron chi connectivity index (χ0n) is 31.0. The number of hydrogen-bond donors (Lipinski definition) is 3. The number of nitriles is 1. The fraction of sp³-hybridized carbons (Fsp3) is 0.450. The highest BCUT2D eigenvalue weighted by atomic mass is 32.2. The van der Waals surface area contributed by atoms with Gasteiger partial charge in [-0.2, -0.15) is 5.26 Å². The van der Waals surface area contributed by atoms with Gasteiger partial charge in [0.1, 0.15) is 29.5 Å². The van der Waals surface area contributed by atoms with E-state index in [2.05, 4.69) is 21.4 Å². The highest BCUT2D eigenvalue weighted by molar-refractivity contribution is 7.91. The molecule has 4 heterocycles. The van der Waals surface area contributed by atoms with Crippen molar-refractivity contribution in [3.05, 3.63) is 82.5 Å². The van der Waals surface area contributed by atoms with Crippen LogP contribution in [0.4, 0.5) is 14.3 Å². The predicted octanol–water partition coefficient (Wildman–Crippen LogP) is 4.73. The molecule has 1 aromatic heterocycles. The van der Waals surface area contributed by atoms with Gasteiger partial charge in [-0.25, -0.2) is 22.6 Å². The van der Waals surface area contributed by atoms with Crippen molar-refractivity contribution in [2.75, 3.05) is 11.9 Å². The van der Waals surface area contributed by atoms with E-state index < -0.39 is 74.5 Å². The third-order valence-electron chi connectivity index (χ3n) is 11.4. The van der Waals surface area contributed by atoms with Crippen molar-refractivity contribution in [3.63, 3.8) is 0 Å². The van der Waals surface area contributed by atoms with Crippen LogP contribution in [0.5, 0.6) is 0 Å². The maximum atomic E-state index is 14.7. The van der Waals surface area contributed by atoms with Gasteiger partial charge in [0.2, 0.25) is 21.8 Å². The SMILES string of the molecule is N#Cc1ccc(-c2csc(N[C@H]3CCCCC/C=C\[C@H]4C[C@@]4(C(=O)NS(=O)(=O)C4CC4)NC(=O)[C@@H]4C[C@@H](OC(=O)N5Cc6cccc(F)c6C5)CN4C3=O)n2)cc1. The molecule has 14 nitrogen and oxygen atoms in total. The third-order valence-corrected chi connectivity index (χ3v) is 14.0. The largest absolute Gasteiger partial charge is 0.444 e. The van der Waals surface area contributed by atoms with Gasteiger partial charge in [0.25, 0.3) is 5.91 Å². The molecule has 8 rings (SSSR count). The Balaban J connectivity index is 1.05. The first kappa shape index (κ1) is 38.5. The summed E-state index contributed by atoms with van der Waals surface area (Å²) in [5.74, 6) is -2.78.